The third kappa shape index (κ3) is 3.10. The van der Waals surface area contributed by atoms with Crippen molar-refractivity contribution >= 4 is 28.3 Å². The van der Waals surface area contributed by atoms with Crippen LogP contribution < -0.4 is 5.32 Å². The lowest BCUT2D eigenvalue weighted by molar-refractivity contribution is 0.126. The molecular formula is C16H16ClN3O. The van der Waals surface area contributed by atoms with Crippen LogP contribution in [-0.2, 0) is 0 Å². The van der Waals surface area contributed by atoms with Gasteiger partial charge < -0.3 is 10.4 Å². The molecule has 1 aliphatic rings. The third-order valence-corrected chi connectivity index (χ3v) is 4.17. The zero-order valence-electron chi connectivity index (χ0n) is 11.5. The van der Waals surface area contributed by atoms with Gasteiger partial charge in [-0.3, -0.25) is 0 Å². The van der Waals surface area contributed by atoms with Crippen molar-refractivity contribution in [3.8, 4) is 6.07 Å². The first-order valence-electron chi connectivity index (χ1n) is 7.11. The van der Waals surface area contributed by atoms with Gasteiger partial charge in [-0.15, -0.1) is 0 Å². The molecular weight excluding hydrogens is 286 g/mol. The van der Waals surface area contributed by atoms with Gasteiger partial charge in [0.2, 0.25) is 0 Å². The van der Waals surface area contributed by atoms with Gasteiger partial charge in [0.15, 0.2) is 0 Å². The van der Waals surface area contributed by atoms with Gasteiger partial charge in [-0.1, -0.05) is 11.6 Å². The van der Waals surface area contributed by atoms with E-state index in [1.807, 2.05) is 6.07 Å². The minimum Gasteiger partial charge on any atom is -0.393 e. The number of benzene rings is 1. The molecule has 0 radical (unpaired) electrons. The molecule has 1 aliphatic carbocycles. The van der Waals surface area contributed by atoms with Crippen molar-refractivity contribution < 1.29 is 5.11 Å². The molecule has 0 unspecified atom stereocenters. The molecule has 2 N–H and O–H groups in total. The summed E-state index contributed by atoms with van der Waals surface area (Å²) in [5.41, 5.74) is 1.33. The second kappa shape index (κ2) is 5.88. The highest BCUT2D eigenvalue weighted by atomic mass is 35.5. The van der Waals surface area contributed by atoms with E-state index in [2.05, 4.69) is 16.4 Å². The molecule has 1 aromatic carbocycles. The van der Waals surface area contributed by atoms with Crippen molar-refractivity contribution in [2.75, 3.05) is 5.32 Å². The van der Waals surface area contributed by atoms with Gasteiger partial charge >= 0.3 is 0 Å². The Kier molecular flexibility index (Phi) is 3.96. The molecule has 0 atom stereocenters. The lowest BCUT2D eigenvalue weighted by Gasteiger charge is -2.26. The monoisotopic (exact) mass is 301 g/mol. The first-order chi connectivity index (χ1) is 10.2. The largest absolute Gasteiger partial charge is 0.393 e. The fraction of sp³-hybridized carbons (Fsp3) is 0.375. The molecule has 3 rings (SSSR count). The van der Waals surface area contributed by atoms with E-state index in [9.17, 15) is 10.4 Å². The van der Waals surface area contributed by atoms with Gasteiger partial charge in [0.1, 0.15) is 5.82 Å². The molecule has 0 spiro atoms. The van der Waals surface area contributed by atoms with E-state index in [4.69, 9.17) is 11.6 Å². The average molecular weight is 302 g/mol. The summed E-state index contributed by atoms with van der Waals surface area (Å²) in [4.78, 5) is 4.55. The van der Waals surface area contributed by atoms with E-state index in [-0.39, 0.29) is 6.10 Å². The number of halogens is 1. The number of aliphatic hydroxyl groups excluding tert-OH is 1. The summed E-state index contributed by atoms with van der Waals surface area (Å²) < 4.78 is 0. The van der Waals surface area contributed by atoms with Gasteiger partial charge in [-0.2, -0.15) is 5.26 Å². The minimum absolute atomic E-state index is 0.176. The number of aromatic nitrogens is 1. The van der Waals surface area contributed by atoms with E-state index < -0.39 is 0 Å². The average Bonchev–Trinajstić information content (AvgIpc) is 2.49. The van der Waals surface area contributed by atoms with E-state index >= 15 is 0 Å². The van der Waals surface area contributed by atoms with Gasteiger partial charge in [-0.05, 0) is 49.9 Å². The topological polar surface area (TPSA) is 68.9 Å². The maximum Gasteiger partial charge on any atom is 0.128 e. The van der Waals surface area contributed by atoms with E-state index in [0.29, 0.717) is 22.4 Å². The highest BCUT2D eigenvalue weighted by Gasteiger charge is 2.19. The molecule has 5 heteroatoms. The molecule has 1 fully saturated rings. The van der Waals surface area contributed by atoms with Crippen LogP contribution in [-0.4, -0.2) is 22.2 Å². The molecule has 0 aliphatic heterocycles. The molecule has 0 amide bonds. The first kappa shape index (κ1) is 14.1. The Morgan fingerprint density at radius 1 is 1.24 bits per heavy atom. The first-order valence-corrected chi connectivity index (χ1v) is 7.48. The number of pyridine rings is 1. The van der Waals surface area contributed by atoms with Crippen LogP contribution in [0.1, 0.15) is 31.2 Å². The molecule has 1 heterocycles. The van der Waals surface area contributed by atoms with Crippen LogP contribution in [0.15, 0.2) is 24.3 Å². The number of nitrogens with one attached hydrogen (secondary N) is 1. The van der Waals surface area contributed by atoms with Gasteiger partial charge in [-0.25, -0.2) is 4.98 Å². The highest BCUT2D eigenvalue weighted by Crippen LogP contribution is 2.26. The van der Waals surface area contributed by atoms with Crippen molar-refractivity contribution in [2.24, 2.45) is 0 Å². The van der Waals surface area contributed by atoms with Crippen LogP contribution in [0.3, 0.4) is 0 Å². The van der Waals surface area contributed by atoms with Crippen LogP contribution in [0.5, 0.6) is 0 Å². The summed E-state index contributed by atoms with van der Waals surface area (Å²) in [6.45, 7) is 0. The van der Waals surface area contributed by atoms with Crippen molar-refractivity contribution in [1.29, 1.82) is 5.26 Å². The fourth-order valence-corrected chi connectivity index (χ4v) is 2.97. The molecule has 1 saturated carbocycles. The third-order valence-electron chi connectivity index (χ3n) is 3.94. The zero-order chi connectivity index (χ0) is 14.8. The number of hydrogen-bond donors (Lipinski definition) is 2. The number of hydrogen-bond acceptors (Lipinski definition) is 4. The summed E-state index contributed by atoms with van der Waals surface area (Å²) in [6, 6.07) is 9.65. The molecule has 21 heavy (non-hydrogen) atoms. The Morgan fingerprint density at radius 2 is 2.00 bits per heavy atom. The predicted molar refractivity (Wildman–Crippen MR) is 83.4 cm³/mol. The molecule has 4 nitrogen and oxygen atoms in total. The van der Waals surface area contributed by atoms with E-state index in [1.165, 1.54) is 0 Å². The second-order valence-corrected chi connectivity index (χ2v) is 5.91. The maximum atomic E-state index is 9.54. The Labute approximate surface area is 128 Å². The Morgan fingerprint density at radius 3 is 2.71 bits per heavy atom. The normalized spacial score (nSPS) is 22.0. The van der Waals surface area contributed by atoms with Crippen molar-refractivity contribution in [1.82, 2.24) is 4.98 Å². The molecule has 108 valence electrons. The lowest BCUT2D eigenvalue weighted by atomic mass is 9.93. The number of anilines is 1. The molecule has 2 aromatic rings. The molecule has 0 saturated heterocycles. The summed E-state index contributed by atoms with van der Waals surface area (Å²) in [5, 5.41) is 23.6. The SMILES string of the molecule is N#Cc1cc(NC2CCC(O)CC2)nc2ccc(Cl)cc12. The maximum absolute atomic E-state index is 9.54. The Hall–Kier alpha value is -1.83. The fourth-order valence-electron chi connectivity index (χ4n) is 2.79. The van der Waals surface area contributed by atoms with Crippen LogP contribution in [0, 0.1) is 11.3 Å². The highest BCUT2D eigenvalue weighted by molar-refractivity contribution is 6.31. The van der Waals surface area contributed by atoms with Crippen LogP contribution in [0.2, 0.25) is 5.02 Å². The number of aliphatic hydroxyl groups is 1. The summed E-state index contributed by atoms with van der Waals surface area (Å²) in [5.74, 6) is 0.711. The minimum atomic E-state index is -0.176. The molecule has 0 bridgehead atoms. The number of nitriles is 1. The van der Waals surface area contributed by atoms with Crippen molar-refractivity contribution in [3.63, 3.8) is 0 Å². The lowest BCUT2D eigenvalue weighted by Crippen LogP contribution is -2.28. The quantitative estimate of drug-likeness (QED) is 0.891. The van der Waals surface area contributed by atoms with E-state index in [0.717, 1.165) is 36.6 Å². The number of nitrogens with zero attached hydrogens (tertiary/aromatic N) is 2. The smallest absolute Gasteiger partial charge is 0.128 e. The van der Waals surface area contributed by atoms with E-state index in [1.54, 1.807) is 18.2 Å². The standard InChI is InChI=1S/C16H16ClN3O/c17-11-1-6-15-14(8-11)10(9-18)7-16(20-15)19-12-2-4-13(21)5-3-12/h1,6-8,12-13,21H,2-5H2,(H,19,20). The predicted octanol–water partition coefficient (Wildman–Crippen LogP) is 3.48. The van der Waals surface area contributed by atoms with Crippen LogP contribution in [0.4, 0.5) is 5.82 Å². The number of fused-ring (bicyclic) bond motifs is 1. The van der Waals surface area contributed by atoms with Crippen molar-refractivity contribution in [2.45, 2.75) is 37.8 Å². The second-order valence-electron chi connectivity index (χ2n) is 5.48. The summed E-state index contributed by atoms with van der Waals surface area (Å²) in [6.07, 6.45) is 3.29. The van der Waals surface area contributed by atoms with Crippen LogP contribution in [0.25, 0.3) is 10.9 Å². The van der Waals surface area contributed by atoms with Crippen LogP contribution >= 0.6 is 11.6 Å². The van der Waals surface area contributed by atoms with Gasteiger partial charge in [0.05, 0.1) is 23.3 Å². The zero-order valence-corrected chi connectivity index (χ0v) is 12.3. The Bertz CT molecular complexity index is 702. The summed E-state index contributed by atoms with van der Waals surface area (Å²) in [7, 11) is 0. The number of rotatable bonds is 2. The van der Waals surface area contributed by atoms with Gasteiger partial charge in [0.25, 0.3) is 0 Å². The molecule has 1 aromatic heterocycles. The van der Waals surface area contributed by atoms with Crippen molar-refractivity contribution in [3.05, 3.63) is 34.9 Å². The Balaban J connectivity index is 1.89. The van der Waals surface area contributed by atoms with Gasteiger partial charge in [0, 0.05) is 16.5 Å². The summed E-state index contributed by atoms with van der Waals surface area (Å²) >= 11 is 5.98.